The van der Waals surface area contributed by atoms with Gasteiger partial charge in [-0.25, -0.2) is 0 Å². The number of aryl methyl sites for hydroxylation is 2. The van der Waals surface area contributed by atoms with Gasteiger partial charge in [0.25, 0.3) is 0 Å². The summed E-state index contributed by atoms with van der Waals surface area (Å²) in [5, 5.41) is 18.7. The van der Waals surface area contributed by atoms with E-state index in [1.165, 1.54) is 0 Å². The van der Waals surface area contributed by atoms with Crippen molar-refractivity contribution in [3.63, 3.8) is 0 Å². The number of nitrogens with two attached hydrogens (primary N) is 1. The van der Waals surface area contributed by atoms with Gasteiger partial charge in [0.1, 0.15) is 17.4 Å². The predicted molar refractivity (Wildman–Crippen MR) is 126 cm³/mol. The molecule has 1 aliphatic rings. The minimum atomic E-state index is -0.358. The Balaban J connectivity index is 1.48. The molecule has 1 atom stereocenters. The number of nitrogens with zero attached hydrogens (tertiary/aromatic N) is 3. The average molecular weight is 460 g/mol. The van der Waals surface area contributed by atoms with Crippen molar-refractivity contribution in [2.45, 2.75) is 25.8 Å². The number of nitrogens with one attached hydrogen (secondary N) is 1. The fourth-order valence-corrected chi connectivity index (χ4v) is 4.57. The molecule has 7 nitrogen and oxygen atoms in total. The number of rotatable bonds is 6. The molecule has 0 aliphatic carbocycles. The smallest absolute Gasteiger partial charge is 0.244 e. The van der Waals surface area contributed by atoms with E-state index in [-0.39, 0.29) is 11.8 Å². The fraction of sp³-hybridized carbons (Fsp3) is 0.200. The van der Waals surface area contributed by atoms with Crippen molar-refractivity contribution in [3.05, 3.63) is 88.0 Å². The quantitative estimate of drug-likeness (QED) is 0.394. The highest BCUT2D eigenvalue weighted by Crippen LogP contribution is 2.45. The molecule has 3 N–H and O–H groups in total. The highest BCUT2D eigenvalue weighted by Gasteiger charge is 2.35. The Morgan fingerprint density at radius 2 is 2.03 bits per heavy atom. The van der Waals surface area contributed by atoms with Gasteiger partial charge in [-0.1, -0.05) is 41.9 Å². The third-order valence-corrected chi connectivity index (χ3v) is 6.21. The summed E-state index contributed by atoms with van der Waals surface area (Å²) in [6.07, 6.45) is 2.88. The summed E-state index contributed by atoms with van der Waals surface area (Å²) >= 11 is 6.18. The van der Waals surface area contributed by atoms with E-state index in [0.29, 0.717) is 28.8 Å². The van der Waals surface area contributed by atoms with E-state index < -0.39 is 0 Å². The SMILES string of the molecule is Cc1[nH]nc2c1C(c1cn(CCCOc3ccccc3Cl)c3ccccc13)C(C#N)=C(N)O2. The number of halogens is 1. The van der Waals surface area contributed by atoms with Gasteiger partial charge in [-0.05, 0) is 37.1 Å². The van der Waals surface area contributed by atoms with Crippen LogP contribution in [0.25, 0.3) is 10.9 Å². The van der Waals surface area contributed by atoms with Gasteiger partial charge in [0.05, 0.1) is 17.5 Å². The van der Waals surface area contributed by atoms with Gasteiger partial charge < -0.3 is 19.8 Å². The van der Waals surface area contributed by atoms with Crippen molar-refractivity contribution in [1.82, 2.24) is 14.8 Å². The van der Waals surface area contributed by atoms with Crippen molar-refractivity contribution in [3.8, 4) is 17.7 Å². The average Bonchev–Trinajstić information content (AvgIpc) is 3.37. The third-order valence-electron chi connectivity index (χ3n) is 5.90. The van der Waals surface area contributed by atoms with Gasteiger partial charge in [0.15, 0.2) is 0 Å². The molecule has 0 saturated carbocycles. The summed E-state index contributed by atoms with van der Waals surface area (Å²) in [7, 11) is 0. The number of ether oxygens (including phenoxy) is 2. The standard InChI is InChI=1S/C25H22ClN5O2/c1-15-22-23(17(13-27)24(28)33-25(22)30-29-15)18-14-31(20-9-4-2-7-16(18)20)11-6-12-32-21-10-5-3-8-19(21)26/h2-5,7-10,14,23H,6,11-12,28H2,1H3,(H,29,30). The summed E-state index contributed by atoms with van der Waals surface area (Å²) in [6, 6.07) is 17.9. The van der Waals surface area contributed by atoms with Crippen LogP contribution in [0.4, 0.5) is 0 Å². The molecule has 33 heavy (non-hydrogen) atoms. The highest BCUT2D eigenvalue weighted by molar-refractivity contribution is 6.32. The maximum Gasteiger partial charge on any atom is 0.244 e. The Morgan fingerprint density at radius 1 is 1.24 bits per heavy atom. The summed E-state index contributed by atoms with van der Waals surface area (Å²) in [6.45, 7) is 3.19. The van der Waals surface area contributed by atoms with Crippen molar-refractivity contribution < 1.29 is 9.47 Å². The molecule has 2 aromatic heterocycles. The van der Waals surface area contributed by atoms with Gasteiger partial charge in [0.2, 0.25) is 11.8 Å². The number of hydrogen-bond donors (Lipinski definition) is 2. The van der Waals surface area contributed by atoms with E-state index in [9.17, 15) is 5.26 Å². The number of H-pyrrole nitrogens is 1. The lowest BCUT2D eigenvalue weighted by atomic mass is 9.84. The van der Waals surface area contributed by atoms with Crippen molar-refractivity contribution >= 4 is 22.5 Å². The van der Waals surface area contributed by atoms with Crippen molar-refractivity contribution in [1.29, 1.82) is 5.26 Å². The van der Waals surface area contributed by atoms with E-state index in [1.807, 2.05) is 43.3 Å². The molecule has 0 bridgehead atoms. The molecule has 5 rings (SSSR count). The zero-order valence-electron chi connectivity index (χ0n) is 18.0. The number of aromatic amines is 1. The Morgan fingerprint density at radius 3 is 2.85 bits per heavy atom. The molecule has 0 fully saturated rings. The van der Waals surface area contributed by atoms with Crippen LogP contribution in [0.2, 0.25) is 5.02 Å². The molecule has 0 saturated heterocycles. The summed E-state index contributed by atoms with van der Waals surface area (Å²) in [4.78, 5) is 0. The first-order valence-electron chi connectivity index (χ1n) is 10.7. The number of allylic oxidation sites excluding steroid dienone is 1. The zero-order chi connectivity index (χ0) is 22.9. The van der Waals surface area contributed by atoms with E-state index >= 15 is 0 Å². The van der Waals surface area contributed by atoms with Crippen molar-refractivity contribution in [2.24, 2.45) is 5.73 Å². The summed E-state index contributed by atoms with van der Waals surface area (Å²) < 4.78 is 13.7. The normalized spacial score (nSPS) is 15.2. The molecule has 0 radical (unpaired) electrons. The Labute approximate surface area is 196 Å². The van der Waals surface area contributed by atoms with Crippen LogP contribution in [-0.4, -0.2) is 21.4 Å². The topological polar surface area (TPSA) is 102 Å². The number of fused-ring (bicyclic) bond motifs is 2. The van der Waals surface area contributed by atoms with E-state index in [4.69, 9.17) is 26.8 Å². The molecule has 1 unspecified atom stereocenters. The number of nitriles is 1. The van der Waals surface area contributed by atoms with Crippen LogP contribution in [-0.2, 0) is 6.54 Å². The maximum absolute atomic E-state index is 9.90. The van der Waals surface area contributed by atoms with Gasteiger partial charge in [-0.15, -0.1) is 5.10 Å². The first-order valence-corrected chi connectivity index (χ1v) is 11.0. The molecule has 2 aromatic carbocycles. The molecule has 0 amide bonds. The van der Waals surface area contributed by atoms with Crippen LogP contribution >= 0.6 is 11.6 Å². The molecule has 4 aromatic rings. The molecule has 0 spiro atoms. The van der Waals surface area contributed by atoms with Crippen LogP contribution in [0.3, 0.4) is 0 Å². The summed E-state index contributed by atoms with van der Waals surface area (Å²) in [5.41, 5.74) is 10.2. The Kier molecular flexibility index (Phi) is 5.45. The van der Waals surface area contributed by atoms with Crippen molar-refractivity contribution in [2.75, 3.05) is 6.61 Å². The van der Waals surface area contributed by atoms with Gasteiger partial charge >= 0.3 is 0 Å². The third kappa shape index (κ3) is 3.69. The lowest BCUT2D eigenvalue weighted by Crippen LogP contribution is -2.21. The molecule has 8 heteroatoms. The predicted octanol–water partition coefficient (Wildman–Crippen LogP) is 5.01. The van der Waals surface area contributed by atoms with E-state index in [2.05, 4.69) is 39.2 Å². The minimum absolute atomic E-state index is 0.0893. The molecule has 166 valence electrons. The Bertz CT molecular complexity index is 1410. The van der Waals surface area contributed by atoms with Gasteiger partial charge in [0, 0.05) is 34.9 Å². The first kappa shape index (κ1) is 21.0. The van der Waals surface area contributed by atoms with E-state index in [0.717, 1.165) is 40.7 Å². The van der Waals surface area contributed by atoms with Crippen LogP contribution < -0.4 is 15.2 Å². The molecular weight excluding hydrogens is 438 g/mol. The van der Waals surface area contributed by atoms with Crippen LogP contribution in [0, 0.1) is 18.3 Å². The zero-order valence-corrected chi connectivity index (χ0v) is 18.8. The lowest BCUT2D eigenvalue weighted by Gasteiger charge is -2.23. The fourth-order valence-electron chi connectivity index (χ4n) is 4.38. The second-order valence-electron chi connectivity index (χ2n) is 7.92. The van der Waals surface area contributed by atoms with E-state index in [1.54, 1.807) is 0 Å². The molecular formula is C25H22ClN5O2. The number of benzene rings is 2. The van der Waals surface area contributed by atoms with Crippen LogP contribution in [0.15, 0.2) is 66.2 Å². The number of hydrogen-bond acceptors (Lipinski definition) is 5. The second-order valence-corrected chi connectivity index (χ2v) is 8.33. The summed E-state index contributed by atoms with van der Waals surface area (Å²) in [5.74, 6) is 0.829. The molecule has 3 heterocycles. The van der Waals surface area contributed by atoms with Crippen LogP contribution in [0.1, 0.15) is 29.2 Å². The lowest BCUT2D eigenvalue weighted by molar-refractivity contribution is 0.303. The second kappa shape index (κ2) is 8.57. The van der Waals surface area contributed by atoms with Gasteiger partial charge in [-0.2, -0.15) is 5.26 Å². The monoisotopic (exact) mass is 459 g/mol. The highest BCUT2D eigenvalue weighted by atomic mass is 35.5. The van der Waals surface area contributed by atoms with Gasteiger partial charge in [-0.3, -0.25) is 5.10 Å². The number of aromatic nitrogens is 3. The first-order chi connectivity index (χ1) is 16.1. The largest absolute Gasteiger partial charge is 0.492 e. The Hall–Kier alpha value is -3.89. The van der Waals surface area contributed by atoms with Crippen LogP contribution in [0.5, 0.6) is 11.6 Å². The molecule has 1 aliphatic heterocycles. The number of para-hydroxylation sites is 2. The minimum Gasteiger partial charge on any atom is -0.492 e. The maximum atomic E-state index is 9.90.